The van der Waals surface area contributed by atoms with Crippen molar-refractivity contribution < 1.29 is 4.74 Å². The van der Waals surface area contributed by atoms with Gasteiger partial charge in [0.15, 0.2) is 0 Å². The number of hydrogen-bond donors (Lipinski definition) is 0. The SMILES string of the molecule is CCC1COCCN1c1cc(C)c(Br)cn1. The molecule has 1 aliphatic heterocycles. The lowest BCUT2D eigenvalue weighted by Gasteiger charge is -2.36. The third kappa shape index (κ3) is 2.38. The Labute approximate surface area is 105 Å². The van der Waals surface area contributed by atoms with Crippen molar-refractivity contribution in [2.45, 2.75) is 26.3 Å². The molecule has 16 heavy (non-hydrogen) atoms. The highest BCUT2D eigenvalue weighted by molar-refractivity contribution is 9.10. The first kappa shape index (κ1) is 11.9. The number of halogens is 1. The van der Waals surface area contributed by atoms with Crippen LogP contribution in [0, 0.1) is 6.92 Å². The first-order valence-electron chi connectivity index (χ1n) is 5.69. The summed E-state index contributed by atoms with van der Waals surface area (Å²) < 4.78 is 6.57. The van der Waals surface area contributed by atoms with E-state index < -0.39 is 0 Å². The zero-order valence-corrected chi connectivity index (χ0v) is 11.3. The van der Waals surface area contributed by atoms with Gasteiger partial charge in [-0.1, -0.05) is 6.92 Å². The molecule has 0 radical (unpaired) electrons. The van der Waals surface area contributed by atoms with Crippen molar-refractivity contribution in [1.29, 1.82) is 0 Å². The van der Waals surface area contributed by atoms with E-state index in [1.807, 2.05) is 6.20 Å². The minimum Gasteiger partial charge on any atom is -0.377 e. The summed E-state index contributed by atoms with van der Waals surface area (Å²) in [6.45, 7) is 6.84. The molecule has 0 bridgehead atoms. The maximum atomic E-state index is 5.50. The second kappa shape index (κ2) is 5.15. The number of pyridine rings is 1. The molecule has 2 heterocycles. The molecule has 3 nitrogen and oxygen atoms in total. The number of nitrogens with zero attached hydrogens (tertiary/aromatic N) is 2. The average molecular weight is 285 g/mol. The normalized spacial score (nSPS) is 21.2. The van der Waals surface area contributed by atoms with Crippen LogP contribution in [-0.4, -0.2) is 30.8 Å². The Kier molecular flexibility index (Phi) is 3.82. The van der Waals surface area contributed by atoms with E-state index in [2.05, 4.69) is 45.7 Å². The predicted octanol–water partition coefficient (Wildman–Crippen LogP) is 2.77. The summed E-state index contributed by atoms with van der Waals surface area (Å²) in [5, 5.41) is 0. The molecule has 0 amide bonds. The van der Waals surface area contributed by atoms with E-state index in [9.17, 15) is 0 Å². The Morgan fingerprint density at radius 1 is 1.62 bits per heavy atom. The summed E-state index contributed by atoms with van der Waals surface area (Å²) >= 11 is 3.48. The molecule has 1 unspecified atom stereocenters. The van der Waals surface area contributed by atoms with E-state index in [-0.39, 0.29) is 0 Å². The van der Waals surface area contributed by atoms with Crippen molar-refractivity contribution in [3.8, 4) is 0 Å². The fourth-order valence-electron chi connectivity index (χ4n) is 1.98. The smallest absolute Gasteiger partial charge is 0.129 e. The fraction of sp³-hybridized carbons (Fsp3) is 0.583. The summed E-state index contributed by atoms with van der Waals surface area (Å²) in [4.78, 5) is 6.83. The second-order valence-corrected chi connectivity index (χ2v) is 4.98. The number of hydrogen-bond acceptors (Lipinski definition) is 3. The number of anilines is 1. The fourth-order valence-corrected chi connectivity index (χ4v) is 2.19. The number of rotatable bonds is 2. The second-order valence-electron chi connectivity index (χ2n) is 4.12. The Morgan fingerprint density at radius 2 is 2.44 bits per heavy atom. The summed E-state index contributed by atoms with van der Waals surface area (Å²) in [5.41, 5.74) is 1.23. The summed E-state index contributed by atoms with van der Waals surface area (Å²) in [7, 11) is 0. The van der Waals surface area contributed by atoms with Crippen LogP contribution >= 0.6 is 15.9 Å². The molecule has 88 valence electrons. The summed E-state index contributed by atoms with van der Waals surface area (Å²) in [6.07, 6.45) is 2.98. The van der Waals surface area contributed by atoms with Gasteiger partial charge in [-0.3, -0.25) is 0 Å². The van der Waals surface area contributed by atoms with Crippen molar-refractivity contribution in [2.75, 3.05) is 24.7 Å². The minimum absolute atomic E-state index is 0.460. The molecule has 1 aromatic rings. The lowest BCUT2D eigenvalue weighted by molar-refractivity contribution is 0.0925. The van der Waals surface area contributed by atoms with Gasteiger partial charge in [0.25, 0.3) is 0 Å². The molecule has 0 spiro atoms. The predicted molar refractivity (Wildman–Crippen MR) is 68.9 cm³/mol. The molecule has 0 N–H and O–H groups in total. The van der Waals surface area contributed by atoms with Crippen LogP contribution in [0.25, 0.3) is 0 Å². The highest BCUT2D eigenvalue weighted by Gasteiger charge is 2.22. The first-order chi connectivity index (χ1) is 7.72. The first-order valence-corrected chi connectivity index (χ1v) is 6.48. The standard InChI is InChI=1S/C12H17BrN2O/c1-3-10-8-16-5-4-15(10)12-6-9(2)11(13)7-14-12/h6-7,10H,3-5,8H2,1-2H3. The number of aryl methyl sites for hydroxylation is 1. The van der Waals surface area contributed by atoms with Gasteiger partial charge < -0.3 is 9.64 Å². The molecule has 2 rings (SSSR count). The van der Waals surface area contributed by atoms with Gasteiger partial charge in [0.1, 0.15) is 5.82 Å². The van der Waals surface area contributed by atoms with E-state index in [0.717, 1.165) is 36.5 Å². The third-order valence-corrected chi connectivity index (χ3v) is 3.86. The van der Waals surface area contributed by atoms with Crippen LogP contribution in [0.15, 0.2) is 16.7 Å². The molecule has 1 saturated heterocycles. The molecule has 1 atom stereocenters. The molecule has 1 aromatic heterocycles. The molecular weight excluding hydrogens is 268 g/mol. The largest absolute Gasteiger partial charge is 0.377 e. The van der Waals surface area contributed by atoms with Crippen molar-refractivity contribution in [3.63, 3.8) is 0 Å². The number of aromatic nitrogens is 1. The van der Waals surface area contributed by atoms with E-state index in [1.54, 1.807) is 0 Å². The maximum absolute atomic E-state index is 5.50. The molecule has 0 saturated carbocycles. The minimum atomic E-state index is 0.460. The van der Waals surface area contributed by atoms with Crippen molar-refractivity contribution in [3.05, 3.63) is 22.3 Å². The molecule has 4 heteroatoms. The van der Waals surface area contributed by atoms with Gasteiger partial charge in [-0.25, -0.2) is 4.98 Å². The Balaban J connectivity index is 2.23. The summed E-state index contributed by atoms with van der Waals surface area (Å²) in [6, 6.07) is 2.60. The van der Waals surface area contributed by atoms with Crippen LogP contribution in [0.1, 0.15) is 18.9 Å². The number of morpholine rings is 1. The zero-order chi connectivity index (χ0) is 11.5. The van der Waals surface area contributed by atoms with Crippen LogP contribution in [-0.2, 0) is 4.74 Å². The lowest BCUT2D eigenvalue weighted by atomic mass is 10.1. The van der Waals surface area contributed by atoms with Crippen molar-refractivity contribution in [2.24, 2.45) is 0 Å². The highest BCUT2D eigenvalue weighted by atomic mass is 79.9. The number of ether oxygens (including phenoxy) is 1. The maximum Gasteiger partial charge on any atom is 0.129 e. The van der Waals surface area contributed by atoms with Crippen LogP contribution < -0.4 is 4.90 Å². The van der Waals surface area contributed by atoms with Crippen LogP contribution in [0.3, 0.4) is 0 Å². The monoisotopic (exact) mass is 284 g/mol. The Hall–Kier alpha value is -0.610. The highest BCUT2D eigenvalue weighted by Crippen LogP contribution is 2.23. The lowest BCUT2D eigenvalue weighted by Crippen LogP contribution is -2.45. The van der Waals surface area contributed by atoms with Gasteiger partial charge in [-0.05, 0) is 40.9 Å². The van der Waals surface area contributed by atoms with E-state index >= 15 is 0 Å². The molecular formula is C12H17BrN2O. The van der Waals surface area contributed by atoms with Gasteiger partial charge >= 0.3 is 0 Å². The quantitative estimate of drug-likeness (QED) is 0.835. The Bertz CT molecular complexity index is 370. The molecule has 1 aliphatic rings. The van der Waals surface area contributed by atoms with Gasteiger partial charge in [-0.15, -0.1) is 0 Å². The van der Waals surface area contributed by atoms with E-state index in [0.29, 0.717) is 6.04 Å². The van der Waals surface area contributed by atoms with Crippen LogP contribution in [0.2, 0.25) is 0 Å². The van der Waals surface area contributed by atoms with Crippen LogP contribution in [0.4, 0.5) is 5.82 Å². The molecule has 0 aromatic carbocycles. The molecule has 0 aliphatic carbocycles. The van der Waals surface area contributed by atoms with Crippen molar-refractivity contribution >= 4 is 21.7 Å². The molecule has 1 fully saturated rings. The van der Waals surface area contributed by atoms with Gasteiger partial charge in [0.05, 0.1) is 19.3 Å². The van der Waals surface area contributed by atoms with Gasteiger partial charge in [0.2, 0.25) is 0 Å². The van der Waals surface area contributed by atoms with Crippen LogP contribution in [0.5, 0.6) is 0 Å². The Morgan fingerprint density at radius 3 is 3.12 bits per heavy atom. The zero-order valence-electron chi connectivity index (χ0n) is 9.74. The van der Waals surface area contributed by atoms with E-state index in [4.69, 9.17) is 4.74 Å². The van der Waals surface area contributed by atoms with Gasteiger partial charge in [0, 0.05) is 17.2 Å². The van der Waals surface area contributed by atoms with Crippen molar-refractivity contribution in [1.82, 2.24) is 4.98 Å². The summed E-state index contributed by atoms with van der Waals surface area (Å²) in [5.74, 6) is 1.07. The average Bonchev–Trinajstić information content (AvgIpc) is 2.32. The topological polar surface area (TPSA) is 25.4 Å². The third-order valence-electron chi connectivity index (χ3n) is 3.03. The van der Waals surface area contributed by atoms with E-state index in [1.165, 1.54) is 5.56 Å². The van der Waals surface area contributed by atoms with Gasteiger partial charge in [-0.2, -0.15) is 0 Å².